The Labute approximate surface area is 259 Å². The Morgan fingerprint density at radius 3 is 1.35 bits per heavy atom. The summed E-state index contributed by atoms with van der Waals surface area (Å²) in [6, 6.07) is 0. The molecule has 0 aliphatic rings. The summed E-state index contributed by atoms with van der Waals surface area (Å²) in [4.78, 5) is 44.0. The number of carbonyl (C=O) groups excluding carboxylic acids is 3. The van der Waals surface area contributed by atoms with E-state index in [9.17, 15) is 19.2 Å². The largest absolute Gasteiger partial charge is 0.481 e. The van der Waals surface area contributed by atoms with Crippen molar-refractivity contribution in [3.05, 3.63) is 0 Å². The molecule has 251 valence electrons. The van der Waals surface area contributed by atoms with Gasteiger partial charge in [-0.25, -0.2) is 0 Å². The standard InChI is InChI=1S/C32H59N2O9/c35-21-24-42-26-25-40-23-20-34-31(37)29-43-28-27-41-22-19-33-30(36)17-15-13-11-9-7-5-3-1-2-4-6-8-10-12-14-16-18-32(38)39/h1-20,22-29H2,(H,33,36)(H,34,37)(H,38,39). The van der Waals surface area contributed by atoms with Crippen LogP contribution in [0.3, 0.4) is 0 Å². The number of carboxylic acids is 1. The van der Waals surface area contributed by atoms with Crippen LogP contribution in [0, 0.1) is 0 Å². The highest BCUT2D eigenvalue weighted by molar-refractivity contribution is 5.77. The zero-order chi connectivity index (χ0) is 31.5. The minimum atomic E-state index is -0.683. The van der Waals surface area contributed by atoms with E-state index in [-0.39, 0.29) is 25.0 Å². The smallest absolute Gasteiger partial charge is 0.303 e. The zero-order valence-electron chi connectivity index (χ0n) is 26.5. The maximum Gasteiger partial charge on any atom is 0.303 e. The highest BCUT2D eigenvalue weighted by atomic mass is 16.5. The van der Waals surface area contributed by atoms with Gasteiger partial charge in [-0.15, -0.1) is 0 Å². The van der Waals surface area contributed by atoms with Crippen LogP contribution in [-0.2, 0) is 38.1 Å². The van der Waals surface area contributed by atoms with Crippen LogP contribution in [-0.4, -0.2) is 95.1 Å². The Balaban J connectivity index is 3.24. The number of hydrogen-bond acceptors (Lipinski definition) is 8. The van der Waals surface area contributed by atoms with Crippen molar-refractivity contribution in [1.82, 2.24) is 10.6 Å². The molecule has 0 aromatic carbocycles. The molecule has 2 amide bonds. The third-order valence-corrected chi connectivity index (χ3v) is 6.82. The summed E-state index contributed by atoms with van der Waals surface area (Å²) in [6.07, 6.45) is 21.6. The molecule has 0 rings (SSSR count). The van der Waals surface area contributed by atoms with Crippen LogP contribution in [0.2, 0.25) is 0 Å². The van der Waals surface area contributed by atoms with E-state index in [0.717, 1.165) is 32.1 Å². The van der Waals surface area contributed by atoms with E-state index in [2.05, 4.69) is 10.6 Å². The molecule has 0 bridgehead atoms. The molecule has 11 nitrogen and oxygen atoms in total. The Kier molecular flexibility index (Phi) is 32.7. The minimum absolute atomic E-state index is 0.0554. The second-order valence-corrected chi connectivity index (χ2v) is 10.7. The van der Waals surface area contributed by atoms with E-state index in [1.807, 2.05) is 0 Å². The van der Waals surface area contributed by atoms with Crippen LogP contribution in [0.15, 0.2) is 0 Å². The Morgan fingerprint density at radius 1 is 0.488 bits per heavy atom. The molecule has 0 heterocycles. The summed E-state index contributed by atoms with van der Waals surface area (Å²) in [7, 11) is 0. The SMILES string of the molecule is O=[C]COCCOCCNC(=O)COCCOCCNC(=O)CCCCCCCCCCCCCCCCCCC(=O)O. The van der Waals surface area contributed by atoms with Gasteiger partial charge in [0.1, 0.15) is 13.2 Å². The molecule has 0 unspecified atom stereocenters. The molecule has 0 aromatic heterocycles. The predicted octanol–water partition coefficient (Wildman–Crippen LogP) is 4.50. The summed E-state index contributed by atoms with van der Waals surface area (Å²) in [5, 5.41) is 14.2. The van der Waals surface area contributed by atoms with Crippen molar-refractivity contribution < 1.29 is 43.2 Å². The molecule has 0 fully saturated rings. The first kappa shape index (κ1) is 40.9. The summed E-state index contributed by atoms with van der Waals surface area (Å²) < 4.78 is 20.8. The van der Waals surface area contributed by atoms with Crippen molar-refractivity contribution in [2.75, 3.05) is 65.9 Å². The van der Waals surface area contributed by atoms with Gasteiger partial charge in [-0.3, -0.25) is 19.2 Å². The highest BCUT2D eigenvalue weighted by Crippen LogP contribution is 2.14. The summed E-state index contributed by atoms with van der Waals surface area (Å²) in [6.45, 7) is 2.76. The van der Waals surface area contributed by atoms with Crippen LogP contribution in [0.25, 0.3) is 0 Å². The lowest BCUT2D eigenvalue weighted by atomic mass is 10.0. The number of ether oxygens (including phenoxy) is 4. The normalized spacial score (nSPS) is 11.0. The third kappa shape index (κ3) is 36.0. The first-order chi connectivity index (χ1) is 21.1. The topological polar surface area (TPSA) is 149 Å². The van der Waals surface area contributed by atoms with E-state index in [1.54, 1.807) is 6.29 Å². The molecular formula is C32H59N2O9. The highest BCUT2D eigenvalue weighted by Gasteiger charge is 2.03. The van der Waals surface area contributed by atoms with Crippen LogP contribution in [0.1, 0.15) is 116 Å². The van der Waals surface area contributed by atoms with Crippen LogP contribution in [0.5, 0.6) is 0 Å². The van der Waals surface area contributed by atoms with E-state index in [0.29, 0.717) is 65.6 Å². The molecule has 0 aliphatic heterocycles. The predicted molar refractivity (Wildman–Crippen MR) is 166 cm³/mol. The number of hydrogen-bond donors (Lipinski definition) is 3. The van der Waals surface area contributed by atoms with Crippen molar-refractivity contribution in [1.29, 1.82) is 0 Å². The Bertz CT molecular complexity index is 665. The molecule has 1 radical (unpaired) electrons. The summed E-state index contributed by atoms with van der Waals surface area (Å²) in [5.41, 5.74) is 0. The van der Waals surface area contributed by atoms with Crippen molar-refractivity contribution in [2.45, 2.75) is 116 Å². The molecule has 11 heteroatoms. The van der Waals surface area contributed by atoms with Gasteiger partial charge in [-0.05, 0) is 12.8 Å². The molecule has 0 saturated heterocycles. The fourth-order valence-electron chi connectivity index (χ4n) is 4.42. The van der Waals surface area contributed by atoms with Crippen molar-refractivity contribution in [3.63, 3.8) is 0 Å². The first-order valence-electron chi connectivity index (χ1n) is 16.5. The maximum atomic E-state index is 11.9. The Hall–Kier alpha value is -2.08. The van der Waals surface area contributed by atoms with Crippen LogP contribution >= 0.6 is 0 Å². The quantitative estimate of drug-likeness (QED) is 0.0876. The average Bonchev–Trinajstić information content (AvgIpc) is 2.99. The Morgan fingerprint density at radius 2 is 0.884 bits per heavy atom. The van der Waals surface area contributed by atoms with E-state index in [4.69, 9.17) is 24.1 Å². The molecule has 43 heavy (non-hydrogen) atoms. The summed E-state index contributed by atoms with van der Waals surface area (Å²) >= 11 is 0. The number of aliphatic carboxylic acids is 1. The number of nitrogens with one attached hydrogen (secondary N) is 2. The second-order valence-electron chi connectivity index (χ2n) is 10.7. The van der Waals surface area contributed by atoms with Gasteiger partial charge >= 0.3 is 5.97 Å². The van der Waals surface area contributed by atoms with Gasteiger partial charge in [0.05, 0.1) is 39.6 Å². The van der Waals surface area contributed by atoms with Gasteiger partial charge in [-0.1, -0.05) is 89.9 Å². The number of unbranched alkanes of at least 4 members (excludes halogenated alkanes) is 15. The summed E-state index contributed by atoms with van der Waals surface area (Å²) in [5.74, 6) is -0.857. The van der Waals surface area contributed by atoms with Crippen LogP contribution in [0.4, 0.5) is 0 Å². The number of carboxylic acid groups (broad SMARTS) is 1. The lowest BCUT2D eigenvalue weighted by molar-refractivity contribution is -0.137. The molecule has 0 aromatic rings. The van der Waals surface area contributed by atoms with Gasteiger partial charge in [0.25, 0.3) is 0 Å². The van der Waals surface area contributed by atoms with Gasteiger partial charge in [-0.2, -0.15) is 0 Å². The van der Waals surface area contributed by atoms with Crippen molar-refractivity contribution in [2.24, 2.45) is 0 Å². The molecule has 0 atom stereocenters. The van der Waals surface area contributed by atoms with E-state index >= 15 is 0 Å². The lowest BCUT2D eigenvalue weighted by Gasteiger charge is -2.08. The molecule has 0 aliphatic carbocycles. The average molecular weight is 616 g/mol. The fraction of sp³-hybridized carbons (Fsp3) is 0.875. The second kappa shape index (κ2) is 34.4. The van der Waals surface area contributed by atoms with Gasteiger partial charge in [0.2, 0.25) is 18.1 Å². The molecule has 0 saturated carbocycles. The number of carbonyl (C=O) groups is 3. The molecule has 0 spiro atoms. The van der Waals surface area contributed by atoms with Crippen molar-refractivity contribution in [3.8, 4) is 0 Å². The third-order valence-electron chi connectivity index (χ3n) is 6.82. The van der Waals surface area contributed by atoms with Gasteiger partial charge in [0.15, 0.2) is 0 Å². The van der Waals surface area contributed by atoms with E-state index in [1.165, 1.54) is 70.6 Å². The monoisotopic (exact) mass is 615 g/mol. The maximum absolute atomic E-state index is 11.9. The van der Waals surface area contributed by atoms with Gasteiger partial charge < -0.3 is 34.7 Å². The first-order valence-corrected chi connectivity index (χ1v) is 16.5. The number of rotatable bonds is 35. The zero-order valence-corrected chi connectivity index (χ0v) is 26.5. The van der Waals surface area contributed by atoms with Gasteiger partial charge in [0, 0.05) is 25.9 Å². The lowest BCUT2D eigenvalue weighted by Crippen LogP contribution is -2.31. The molecular weight excluding hydrogens is 556 g/mol. The van der Waals surface area contributed by atoms with Crippen molar-refractivity contribution >= 4 is 24.1 Å². The fourth-order valence-corrected chi connectivity index (χ4v) is 4.42. The molecule has 3 N–H and O–H groups in total. The number of amides is 2. The van der Waals surface area contributed by atoms with E-state index < -0.39 is 5.97 Å². The van der Waals surface area contributed by atoms with Crippen LogP contribution < -0.4 is 10.6 Å². The minimum Gasteiger partial charge on any atom is -0.481 e.